The second-order valence-electron chi connectivity index (χ2n) is 10.5. The molecule has 0 bridgehead atoms. The molecule has 2 fully saturated rings. The molecule has 206 valence electrons. The molecule has 0 amide bonds. The summed E-state index contributed by atoms with van der Waals surface area (Å²) in [5, 5.41) is 9.55. The van der Waals surface area contributed by atoms with Gasteiger partial charge in [-0.3, -0.25) is 9.69 Å². The predicted octanol–water partition coefficient (Wildman–Crippen LogP) is 6.21. The van der Waals surface area contributed by atoms with Gasteiger partial charge in [-0.2, -0.15) is 26.3 Å². The molecule has 5 nitrogen and oxygen atoms in total. The molecular formula is C27H27F6NO4. The van der Waals surface area contributed by atoms with E-state index in [0.717, 1.165) is 18.4 Å². The number of hydrogen-bond acceptors (Lipinski definition) is 4. The monoisotopic (exact) mass is 543 g/mol. The molecule has 1 unspecified atom stereocenters. The first-order valence-electron chi connectivity index (χ1n) is 12.5. The number of hydrogen-bond donors (Lipinski definition) is 1. The average Bonchev–Trinajstić information content (AvgIpc) is 3.64. The van der Waals surface area contributed by atoms with Gasteiger partial charge < -0.3 is 14.6 Å². The molecular weight excluding hydrogens is 516 g/mol. The number of fused-ring (bicyclic) bond motifs is 1. The number of rotatable bonds is 7. The minimum Gasteiger partial charge on any atom is -0.486 e. The standard InChI is InChI=1S/C27H27F6NO4/c1-14(25(35)36)24(15-2-3-15)16-4-7-21-22(9-16)38-23(13-37-21)18-11-34(12-18)10-17-8-19(26(28,29)30)5-6-20(17)27(31,32)33/h4-9,14-15,18,23-24H,2-3,10-13H2,1H3,(H,35,36)/t14-,23?,24-/m0/s1. The van der Waals surface area contributed by atoms with Gasteiger partial charge >= 0.3 is 18.3 Å². The molecule has 0 aromatic heterocycles. The van der Waals surface area contributed by atoms with E-state index in [2.05, 4.69) is 0 Å². The van der Waals surface area contributed by atoms with Crippen LogP contribution in [0.1, 0.15) is 47.9 Å². The number of alkyl halides is 6. The van der Waals surface area contributed by atoms with Crippen LogP contribution in [-0.2, 0) is 23.7 Å². The van der Waals surface area contributed by atoms with E-state index in [1.165, 1.54) is 0 Å². The van der Waals surface area contributed by atoms with Gasteiger partial charge in [0.25, 0.3) is 0 Å². The second kappa shape index (κ2) is 9.66. The Morgan fingerprint density at radius 3 is 2.34 bits per heavy atom. The minimum absolute atomic E-state index is 0.0795. The molecule has 0 radical (unpaired) electrons. The minimum atomic E-state index is -4.76. The fourth-order valence-corrected chi connectivity index (χ4v) is 5.52. The van der Waals surface area contributed by atoms with Crippen molar-refractivity contribution < 1.29 is 45.7 Å². The van der Waals surface area contributed by atoms with Gasteiger partial charge in [0.15, 0.2) is 11.5 Å². The lowest BCUT2D eigenvalue weighted by atomic mass is 9.83. The molecule has 11 heteroatoms. The van der Waals surface area contributed by atoms with Crippen LogP contribution in [-0.4, -0.2) is 41.8 Å². The Kier molecular flexibility index (Phi) is 6.77. The van der Waals surface area contributed by atoms with Crippen LogP contribution in [0.15, 0.2) is 36.4 Å². The second-order valence-corrected chi connectivity index (χ2v) is 10.5. The fraction of sp³-hybridized carbons (Fsp3) is 0.519. The maximum atomic E-state index is 13.4. The van der Waals surface area contributed by atoms with E-state index >= 15 is 0 Å². The summed E-state index contributed by atoms with van der Waals surface area (Å²) in [6.07, 6.45) is -7.94. The van der Waals surface area contributed by atoms with Gasteiger partial charge in [-0.25, -0.2) is 0 Å². The third-order valence-corrected chi connectivity index (χ3v) is 7.74. The van der Waals surface area contributed by atoms with Crippen molar-refractivity contribution in [3.05, 3.63) is 58.7 Å². The lowest BCUT2D eigenvalue weighted by molar-refractivity contribution is -0.142. The van der Waals surface area contributed by atoms with Gasteiger partial charge in [-0.1, -0.05) is 13.0 Å². The van der Waals surface area contributed by atoms with Crippen LogP contribution >= 0.6 is 0 Å². The Morgan fingerprint density at radius 1 is 1.03 bits per heavy atom. The Bertz CT molecular complexity index is 1200. The molecule has 2 aliphatic heterocycles. The van der Waals surface area contributed by atoms with Crippen molar-refractivity contribution in [2.45, 2.75) is 50.7 Å². The number of halogens is 6. The van der Waals surface area contributed by atoms with E-state index < -0.39 is 40.9 Å². The van der Waals surface area contributed by atoms with Gasteiger partial charge in [-0.15, -0.1) is 0 Å². The molecule has 1 N–H and O–H groups in total. The van der Waals surface area contributed by atoms with Crippen LogP contribution in [0.25, 0.3) is 0 Å². The van der Waals surface area contributed by atoms with E-state index in [9.17, 15) is 36.2 Å². The van der Waals surface area contributed by atoms with Gasteiger partial charge in [0, 0.05) is 25.6 Å². The van der Waals surface area contributed by atoms with E-state index in [0.29, 0.717) is 48.7 Å². The van der Waals surface area contributed by atoms with Crippen LogP contribution in [0.2, 0.25) is 0 Å². The maximum absolute atomic E-state index is 13.4. The molecule has 2 heterocycles. The van der Waals surface area contributed by atoms with Gasteiger partial charge in [-0.05, 0) is 66.1 Å². The number of aliphatic carboxylic acids is 1. The largest absolute Gasteiger partial charge is 0.486 e. The topological polar surface area (TPSA) is 59.0 Å². The molecule has 2 aromatic carbocycles. The zero-order valence-electron chi connectivity index (χ0n) is 20.5. The van der Waals surface area contributed by atoms with Crippen molar-refractivity contribution in [3.8, 4) is 11.5 Å². The van der Waals surface area contributed by atoms with Crippen molar-refractivity contribution in [1.29, 1.82) is 0 Å². The first-order chi connectivity index (χ1) is 17.8. The zero-order valence-corrected chi connectivity index (χ0v) is 20.5. The third-order valence-electron chi connectivity index (χ3n) is 7.74. The highest BCUT2D eigenvalue weighted by atomic mass is 19.4. The Labute approximate surface area is 215 Å². The summed E-state index contributed by atoms with van der Waals surface area (Å²) in [5.74, 6) is -0.301. The van der Waals surface area contributed by atoms with Crippen LogP contribution in [0.5, 0.6) is 11.5 Å². The number of benzene rings is 2. The summed E-state index contributed by atoms with van der Waals surface area (Å²) in [6, 6.07) is 6.96. The molecule has 3 atom stereocenters. The molecule has 0 spiro atoms. The summed E-state index contributed by atoms with van der Waals surface area (Å²) >= 11 is 0. The van der Waals surface area contributed by atoms with Crippen molar-refractivity contribution in [3.63, 3.8) is 0 Å². The zero-order chi connectivity index (χ0) is 27.4. The van der Waals surface area contributed by atoms with Crippen molar-refractivity contribution in [2.75, 3.05) is 19.7 Å². The Morgan fingerprint density at radius 2 is 1.74 bits per heavy atom. The molecule has 1 saturated heterocycles. The molecule has 3 aliphatic rings. The first kappa shape index (κ1) is 26.6. The van der Waals surface area contributed by atoms with Gasteiger partial charge in [0.1, 0.15) is 12.7 Å². The average molecular weight is 544 g/mol. The van der Waals surface area contributed by atoms with E-state index in [1.807, 2.05) is 12.1 Å². The molecule has 38 heavy (non-hydrogen) atoms. The summed E-state index contributed by atoms with van der Waals surface area (Å²) in [6.45, 7) is 2.36. The maximum Gasteiger partial charge on any atom is 0.416 e. The SMILES string of the molecule is C[C@H](C(=O)O)[C@H](c1ccc2c(c1)OC(C1CN(Cc3cc(C(F)(F)F)ccc3C(F)(F)F)C1)CO2)C1CC1. The smallest absolute Gasteiger partial charge is 0.416 e. The van der Waals surface area contributed by atoms with E-state index in [-0.39, 0.29) is 31.1 Å². The number of carboxylic acids is 1. The summed E-state index contributed by atoms with van der Waals surface area (Å²) < 4.78 is 91.6. The van der Waals surface area contributed by atoms with Crippen molar-refractivity contribution in [1.82, 2.24) is 4.90 Å². The quantitative estimate of drug-likeness (QED) is 0.421. The van der Waals surface area contributed by atoms with Crippen LogP contribution in [0.4, 0.5) is 26.3 Å². The number of carbonyl (C=O) groups is 1. The molecule has 1 saturated carbocycles. The van der Waals surface area contributed by atoms with Crippen LogP contribution in [0, 0.1) is 17.8 Å². The Balaban J connectivity index is 1.26. The predicted molar refractivity (Wildman–Crippen MR) is 124 cm³/mol. The van der Waals surface area contributed by atoms with Crippen molar-refractivity contribution >= 4 is 5.97 Å². The highest BCUT2D eigenvalue weighted by Gasteiger charge is 2.42. The van der Waals surface area contributed by atoms with Gasteiger partial charge in [0.05, 0.1) is 17.0 Å². The normalized spacial score (nSPS) is 22.0. The molecule has 2 aromatic rings. The van der Waals surface area contributed by atoms with Crippen molar-refractivity contribution in [2.24, 2.45) is 17.8 Å². The van der Waals surface area contributed by atoms with Crippen LogP contribution < -0.4 is 9.47 Å². The lowest BCUT2D eigenvalue weighted by Crippen LogP contribution is -2.55. The third kappa shape index (κ3) is 5.43. The summed E-state index contributed by atoms with van der Waals surface area (Å²) in [4.78, 5) is 13.3. The summed E-state index contributed by atoms with van der Waals surface area (Å²) in [5.41, 5.74) is -1.74. The number of carboxylic acid groups (broad SMARTS) is 1. The molecule has 5 rings (SSSR count). The van der Waals surface area contributed by atoms with E-state index in [1.54, 1.807) is 17.9 Å². The van der Waals surface area contributed by atoms with Gasteiger partial charge in [0.2, 0.25) is 0 Å². The highest BCUT2D eigenvalue weighted by Crippen LogP contribution is 2.49. The highest BCUT2D eigenvalue weighted by molar-refractivity contribution is 5.71. The lowest BCUT2D eigenvalue weighted by Gasteiger charge is -2.44. The summed E-state index contributed by atoms with van der Waals surface area (Å²) in [7, 11) is 0. The number of ether oxygens (including phenoxy) is 2. The first-order valence-corrected chi connectivity index (χ1v) is 12.5. The number of nitrogens with zero attached hydrogens (tertiary/aromatic N) is 1. The molecule has 1 aliphatic carbocycles. The van der Waals surface area contributed by atoms with Crippen LogP contribution in [0.3, 0.4) is 0 Å². The number of likely N-dealkylation sites (tertiary alicyclic amines) is 1. The fourth-order valence-electron chi connectivity index (χ4n) is 5.52. The van der Waals surface area contributed by atoms with E-state index in [4.69, 9.17) is 9.47 Å². The Hall–Kier alpha value is -2.95.